The number of hydrogen-bond acceptors (Lipinski definition) is 6. The second-order valence-electron chi connectivity index (χ2n) is 3.69. The molecule has 1 aromatic carbocycles. The molecule has 1 heterocycles. The van der Waals surface area contributed by atoms with Crippen LogP contribution in [0.3, 0.4) is 0 Å². The minimum atomic E-state index is 0.132. The fraction of sp³-hybridized carbons (Fsp3) is 0.308. The molecule has 19 heavy (non-hydrogen) atoms. The number of aromatic nitrogens is 3. The first-order valence-electron chi connectivity index (χ1n) is 5.86. The van der Waals surface area contributed by atoms with Crippen LogP contribution in [-0.2, 0) is 6.42 Å². The molecule has 0 spiro atoms. The molecule has 100 valence electrons. The van der Waals surface area contributed by atoms with Crippen LogP contribution in [0.2, 0.25) is 0 Å². The number of methoxy groups -OCH3 is 2. The molecule has 0 bridgehead atoms. The Labute approximate surface area is 111 Å². The smallest absolute Gasteiger partial charge is 0.331 e. The van der Waals surface area contributed by atoms with Crippen LogP contribution in [-0.4, -0.2) is 29.2 Å². The van der Waals surface area contributed by atoms with Gasteiger partial charge in [-0.3, -0.25) is 0 Å². The molecule has 6 heteroatoms. The van der Waals surface area contributed by atoms with Crippen molar-refractivity contribution in [2.45, 2.75) is 13.3 Å². The van der Waals surface area contributed by atoms with Crippen LogP contribution in [0, 0.1) is 0 Å². The number of benzene rings is 1. The third-order valence-corrected chi connectivity index (χ3v) is 2.48. The maximum atomic E-state index is 5.54. The molecular formula is C13H15N3O3. The zero-order valence-electron chi connectivity index (χ0n) is 11.1. The number of nitrogens with zero attached hydrogens (tertiary/aromatic N) is 3. The van der Waals surface area contributed by atoms with Crippen molar-refractivity contribution in [3.8, 4) is 23.8 Å². The van der Waals surface area contributed by atoms with E-state index in [1.165, 1.54) is 19.8 Å². The summed E-state index contributed by atoms with van der Waals surface area (Å²) in [5.41, 5.74) is 1.23. The quantitative estimate of drug-likeness (QED) is 0.822. The van der Waals surface area contributed by atoms with E-state index in [2.05, 4.69) is 21.9 Å². The van der Waals surface area contributed by atoms with Gasteiger partial charge in [0.25, 0.3) is 0 Å². The van der Waals surface area contributed by atoms with Gasteiger partial charge in [0.05, 0.1) is 14.2 Å². The van der Waals surface area contributed by atoms with E-state index in [9.17, 15) is 0 Å². The van der Waals surface area contributed by atoms with Gasteiger partial charge in [0, 0.05) is 0 Å². The summed E-state index contributed by atoms with van der Waals surface area (Å²) in [6.07, 6.45) is 0.980. The molecule has 0 fully saturated rings. The molecule has 0 atom stereocenters. The van der Waals surface area contributed by atoms with Crippen LogP contribution >= 0.6 is 0 Å². The molecule has 2 rings (SSSR count). The predicted molar refractivity (Wildman–Crippen MR) is 68.8 cm³/mol. The number of ether oxygens (including phenoxy) is 3. The lowest BCUT2D eigenvalue weighted by atomic mass is 10.2. The SMILES string of the molecule is CCc1ccc(Oc2nc(OC)nc(OC)n2)cc1. The van der Waals surface area contributed by atoms with E-state index in [-0.39, 0.29) is 18.0 Å². The fourth-order valence-electron chi connectivity index (χ4n) is 1.45. The highest BCUT2D eigenvalue weighted by Crippen LogP contribution is 2.21. The molecule has 6 nitrogen and oxygen atoms in total. The Bertz CT molecular complexity index is 521. The topological polar surface area (TPSA) is 66.4 Å². The minimum Gasteiger partial charge on any atom is -0.467 e. The average molecular weight is 261 g/mol. The second-order valence-corrected chi connectivity index (χ2v) is 3.69. The summed E-state index contributed by atoms with van der Waals surface area (Å²) >= 11 is 0. The van der Waals surface area contributed by atoms with Gasteiger partial charge in [0.2, 0.25) is 0 Å². The van der Waals surface area contributed by atoms with Gasteiger partial charge < -0.3 is 14.2 Å². The fourth-order valence-corrected chi connectivity index (χ4v) is 1.45. The number of rotatable bonds is 5. The van der Waals surface area contributed by atoms with E-state index in [4.69, 9.17) is 14.2 Å². The summed E-state index contributed by atoms with van der Waals surface area (Å²) in [6, 6.07) is 8.13. The molecule has 0 unspecified atom stereocenters. The van der Waals surface area contributed by atoms with E-state index < -0.39 is 0 Å². The molecule has 0 aliphatic rings. The molecule has 0 aliphatic heterocycles. The van der Waals surface area contributed by atoms with Crippen molar-refractivity contribution >= 4 is 0 Å². The highest BCUT2D eigenvalue weighted by Gasteiger charge is 2.09. The summed E-state index contributed by atoms with van der Waals surface area (Å²) in [5, 5.41) is 0. The van der Waals surface area contributed by atoms with E-state index in [0.29, 0.717) is 5.75 Å². The molecule has 0 saturated carbocycles. The van der Waals surface area contributed by atoms with Crippen molar-refractivity contribution in [3.63, 3.8) is 0 Å². The molecule has 2 aromatic rings. The Morgan fingerprint density at radius 1 is 0.842 bits per heavy atom. The molecule has 1 aromatic heterocycles. The van der Waals surface area contributed by atoms with Crippen molar-refractivity contribution < 1.29 is 14.2 Å². The van der Waals surface area contributed by atoms with Crippen LogP contribution in [0.25, 0.3) is 0 Å². The van der Waals surface area contributed by atoms with Gasteiger partial charge in [0.1, 0.15) is 5.75 Å². The van der Waals surface area contributed by atoms with Crippen molar-refractivity contribution in [2.24, 2.45) is 0 Å². The van der Waals surface area contributed by atoms with Crippen molar-refractivity contribution in [3.05, 3.63) is 29.8 Å². The summed E-state index contributed by atoms with van der Waals surface area (Å²) < 4.78 is 15.4. The van der Waals surface area contributed by atoms with Crippen molar-refractivity contribution in [2.75, 3.05) is 14.2 Å². The summed E-state index contributed by atoms with van der Waals surface area (Å²) in [6.45, 7) is 2.09. The van der Waals surface area contributed by atoms with E-state index in [0.717, 1.165) is 6.42 Å². The average Bonchev–Trinajstić information content (AvgIpc) is 2.47. The van der Waals surface area contributed by atoms with Crippen LogP contribution in [0.15, 0.2) is 24.3 Å². The van der Waals surface area contributed by atoms with Gasteiger partial charge in [-0.15, -0.1) is 15.0 Å². The zero-order chi connectivity index (χ0) is 13.7. The van der Waals surface area contributed by atoms with Crippen molar-refractivity contribution in [1.82, 2.24) is 15.0 Å². The molecule has 0 radical (unpaired) electrons. The summed E-state index contributed by atoms with van der Waals surface area (Å²) in [7, 11) is 2.93. The van der Waals surface area contributed by atoms with Crippen molar-refractivity contribution in [1.29, 1.82) is 0 Å². The molecule has 0 saturated heterocycles. The standard InChI is InChI=1S/C13H15N3O3/c1-4-9-5-7-10(8-6-9)19-13-15-11(17-2)14-12(16-13)18-3/h5-8H,4H2,1-3H3. The third-order valence-electron chi connectivity index (χ3n) is 2.48. The first kappa shape index (κ1) is 13.1. The summed E-state index contributed by atoms with van der Waals surface area (Å²) in [4.78, 5) is 11.9. The largest absolute Gasteiger partial charge is 0.467 e. The maximum Gasteiger partial charge on any atom is 0.331 e. The van der Waals surface area contributed by atoms with Gasteiger partial charge in [0.15, 0.2) is 0 Å². The Balaban J connectivity index is 2.21. The maximum absolute atomic E-state index is 5.54. The molecular weight excluding hydrogens is 246 g/mol. The lowest BCUT2D eigenvalue weighted by molar-refractivity contribution is 0.320. The molecule has 0 amide bonds. The first-order chi connectivity index (χ1) is 9.25. The lowest BCUT2D eigenvalue weighted by Gasteiger charge is -2.06. The van der Waals surface area contributed by atoms with Gasteiger partial charge in [-0.2, -0.15) is 0 Å². The predicted octanol–water partition coefficient (Wildman–Crippen LogP) is 2.24. The van der Waals surface area contributed by atoms with E-state index in [1.807, 2.05) is 24.3 Å². The Morgan fingerprint density at radius 3 is 1.84 bits per heavy atom. The number of hydrogen-bond donors (Lipinski definition) is 0. The minimum absolute atomic E-state index is 0.132. The Kier molecular flexibility index (Phi) is 4.12. The zero-order valence-corrected chi connectivity index (χ0v) is 11.1. The van der Waals surface area contributed by atoms with E-state index in [1.54, 1.807) is 0 Å². The van der Waals surface area contributed by atoms with E-state index >= 15 is 0 Å². The van der Waals surface area contributed by atoms with Gasteiger partial charge >= 0.3 is 18.0 Å². The lowest BCUT2D eigenvalue weighted by Crippen LogP contribution is -2.01. The highest BCUT2D eigenvalue weighted by atomic mass is 16.5. The van der Waals surface area contributed by atoms with Crippen LogP contribution in [0.1, 0.15) is 12.5 Å². The van der Waals surface area contributed by atoms with Gasteiger partial charge in [-0.25, -0.2) is 0 Å². The van der Waals surface area contributed by atoms with Crippen LogP contribution in [0.4, 0.5) is 0 Å². The Morgan fingerprint density at radius 2 is 1.37 bits per heavy atom. The molecule has 0 N–H and O–H groups in total. The third kappa shape index (κ3) is 3.31. The van der Waals surface area contributed by atoms with Gasteiger partial charge in [-0.05, 0) is 24.1 Å². The number of aryl methyl sites for hydroxylation is 1. The first-order valence-corrected chi connectivity index (χ1v) is 5.86. The summed E-state index contributed by atoms with van der Waals surface area (Å²) in [5.74, 6) is 0.646. The second kappa shape index (κ2) is 5.99. The highest BCUT2D eigenvalue weighted by molar-refractivity contribution is 5.29. The monoisotopic (exact) mass is 261 g/mol. The molecule has 0 aliphatic carbocycles. The van der Waals surface area contributed by atoms with Crippen LogP contribution in [0.5, 0.6) is 23.8 Å². The van der Waals surface area contributed by atoms with Gasteiger partial charge in [-0.1, -0.05) is 19.1 Å². The van der Waals surface area contributed by atoms with Crippen LogP contribution < -0.4 is 14.2 Å². The normalized spacial score (nSPS) is 10.1. The Hall–Kier alpha value is -2.37.